The Balaban J connectivity index is 2.17. The van der Waals surface area contributed by atoms with Crippen LogP contribution >= 0.6 is 11.8 Å². The van der Waals surface area contributed by atoms with Gasteiger partial charge in [0, 0.05) is 16.6 Å². The third-order valence-corrected chi connectivity index (χ3v) is 5.98. The van der Waals surface area contributed by atoms with Gasteiger partial charge in [-0.3, -0.25) is 4.21 Å². The number of benzene rings is 1. The summed E-state index contributed by atoms with van der Waals surface area (Å²) in [7, 11) is 0.940. The van der Waals surface area contributed by atoms with Crippen molar-refractivity contribution in [3.8, 4) is 5.75 Å². The van der Waals surface area contributed by atoms with E-state index in [1.807, 2.05) is 24.3 Å². The smallest absolute Gasteiger partial charge is 0.118 e. The molecule has 0 saturated carbocycles. The molecule has 0 aliphatic carbocycles. The maximum Gasteiger partial charge on any atom is 0.118 e. The van der Waals surface area contributed by atoms with Gasteiger partial charge in [-0.25, -0.2) is 0 Å². The van der Waals surface area contributed by atoms with E-state index in [2.05, 4.69) is 0 Å². The van der Waals surface area contributed by atoms with Gasteiger partial charge in [-0.05, 0) is 29.9 Å². The van der Waals surface area contributed by atoms with Crippen LogP contribution in [0.1, 0.15) is 16.6 Å². The fourth-order valence-corrected chi connectivity index (χ4v) is 4.93. The minimum atomic E-state index is -0.715. The topological polar surface area (TPSA) is 26.3 Å². The molecular formula is C11H14O2S2. The highest BCUT2D eigenvalue weighted by Gasteiger charge is 2.22. The molecule has 1 fully saturated rings. The summed E-state index contributed by atoms with van der Waals surface area (Å²) in [5.41, 5.74) is 1.15. The number of hydrogen-bond donors (Lipinski definition) is 0. The minimum absolute atomic E-state index is 0.157. The molecule has 1 unspecified atom stereocenters. The predicted octanol–water partition coefficient (Wildman–Crippen LogP) is 2.58. The molecular weight excluding hydrogens is 228 g/mol. The Kier molecular flexibility index (Phi) is 3.70. The molecule has 15 heavy (non-hydrogen) atoms. The molecule has 1 aliphatic heterocycles. The average molecular weight is 242 g/mol. The summed E-state index contributed by atoms with van der Waals surface area (Å²) >= 11 is 1.80. The fourth-order valence-electron chi connectivity index (χ4n) is 1.58. The Morgan fingerprint density at radius 3 is 2.73 bits per heavy atom. The molecule has 82 valence electrons. The number of hydrogen-bond acceptors (Lipinski definition) is 3. The second-order valence-electron chi connectivity index (χ2n) is 3.41. The van der Waals surface area contributed by atoms with Crippen molar-refractivity contribution < 1.29 is 8.95 Å². The fraction of sp³-hybridized carbons (Fsp3) is 0.455. The van der Waals surface area contributed by atoms with Gasteiger partial charge in [0.1, 0.15) is 10.3 Å². The van der Waals surface area contributed by atoms with Gasteiger partial charge in [0.15, 0.2) is 0 Å². The second-order valence-corrected chi connectivity index (χ2v) is 6.57. The second kappa shape index (κ2) is 5.03. The highest BCUT2D eigenvalue weighted by atomic mass is 32.2. The van der Waals surface area contributed by atoms with E-state index in [1.54, 1.807) is 18.9 Å². The molecule has 1 aromatic rings. The van der Waals surface area contributed by atoms with Gasteiger partial charge in [-0.15, -0.1) is 11.8 Å². The first kappa shape index (κ1) is 11.0. The molecule has 0 bridgehead atoms. The zero-order chi connectivity index (χ0) is 10.7. The average Bonchev–Trinajstić information content (AvgIpc) is 2.30. The van der Waals surface area contributed by atoms with Crippen molar-refractivity contribution in [1.29, 1.82) is 0 Å². The number of rotatable bonds is 2. The minimum Gasteiger partial charge on any atom is -0.497 e. The van der Waals surface area contributed by atoms with Crippen molar-refractivity contribution in [2.45, 2.75) is 11.0 Å². The van der Waals surface area contributed by atoms with E-state index in [4.69, 9.17) is 4.74 Å². The summed E-state index contributed by atoms with van der Waals surface area (Å²) in [6, 6.07) is 7.89. The highest BCUT2D eigenvalue weighted by Crippen LogP contribution is 2.37. The Morgan fingerprint density at radius 2 is 2.13 bits per heavy atom. The lowest BCUT2D eigenvalue weighted by Crippen LogP contribution is -2.13. The molecule has 0 spiro atoms. The van der Waals surface area contributed by atoms with Crippen LogP contribution in [-0.2, 0) is 10.8 Å². The van der Waals surface area contributed by atoms with Crippen molar-refractivity contribution in [2.24, 2.45) is 0 Å². The van der Waals surface area contributed by atoms with Crippen LogP contribution in [0.3, 0.4) is 0 Å². The maximum absolute atomic E-state index is 11.8. The number of ether oxygens (including phenoxy) is 1. The van der Waals surface area contributed by atoms with Gasteiger partial charge < -0.3 is 4.74 Å². The first-order chi connectivity index (χ1) is 7.31. The van der Waals surface area contributed by atoms with Gasteiger partial charge in [0.05, 0.1) is 7.11 Å². The van der Waals surface area contributed by atoms with Gasteiger partial charge in [-0.1, -0.05) is 12.1 Å². The normalized spacial score (nSPS) is 26.2. The van der Waals surface area contributed by atoms with E-state index in [-0.39, 0.29) is 4.58 Å². The van der Waals surface area contributed by atoms with Crippen molar-refractivity contribution in [2.75, 3.05) is 18.6 Å². The summed E-state index contributed by atoms with van der Waals surface area (Å²) in [5.74, 6) is 2.80. The van der Waals surface area contributed by atoms with Crippen LogP contribution in [0.5, 0.6) is 5.75 Å². The molecule has 0 amide bonds. The summed E-state index contributed by atoms with van der Waals surface area (Å²) in [6.45, 7) is 0. The van der Waals surface area contributed by atoms with Gasteiger partial charge in [0.25, 0.3) is 0 Å². The van der Waals surface area contributed by atoms with E-state index in [0.29, 0.717) is 0 Å². The van der Waals surface area contributed by atoms with Crippen molar-refractivity contribution in [3.05, 3.63) is 29.8 Å². The molecule has 1 aliphatic rings. The van der Waals surface area contributed by atoms with E-state index in [0.717, 1.165) is 29.2 Å². The molecule has 4 heteroatoms. The Morgan fingerprint density at radius 1 is 1.40 bits per heavy atom. The zero-order valence-electron chi connectivity index (χ0n) is 8.64. The van der Waals surface area contributed by atoms with E-state index >= 15 is 0 Å². The monoisotopic (exact) mass is 242 g/mol. The van der Waals surface area contributed by atoms with Gasteiger partial charge in [-0.2, -0.15) is 0 Å². The van der Waals surface area contributed by atoms with Crippen LogP contribution in [0.4, 0.5) is 0 Å². The quantitative estimate of drug-likeness (QED) is 0.797. The van der Waals surface area contributed by atoms with E-state index in [1.165, 1.54) is 0 Å². The summed E-state index contributed by atoms with van der Waals surface area (Å²) in [5, 5.41) is 0. The maximum atomic E-state index is 11.8. The van der Waals surface area contributed by atoms with Gasteiger partial charge >= 0.3 is 0 Å². The molecule has 0 N–H and O–H groups in total. The standard InChI is InChI=1S/C11H14O2S2/c1-13-10-5-3-9(4-6-10)11-14-7-2-8-15(11)12/h3-6,11H,2,7-8H2,1H3/t11-,15?/m1/s1. The van der Waals surface area contributed by atoms with Crippen molar-refractivity contribution in [3.63, 3.8) is 0 Å². The zero-order valence-corrected chi connectivity index (χ0v) is 10.3. The molecule has 1 saturated heterocycles. The Labute approximate surface area is 96.9 Å². The van der Waals surface area contributed by atoms with Gasteiger partial charge in [0.2, 0.25) is 0 Å². The first-order valence-electron chi connectivity index (χ1n) is 4.94. The molecule has 1 aromatic carbocycles. The van der Waals surface area contributed by atoms with Crippen LogP contribution in [0.15, 0.2) is 24.3 Å². The van der Waals surface area contributed by atoms with E-state index < -0.39 is 10.8 Å². The summed E-state index contributed by atoms with van der Waals surface area (Å²) < 4.78 is 17.1. The van der Waals surface area contributed by atoms with Crippen molar-refractivity contribution >= 4 is 22.6 Å². The molecule has 2 rings (SSSR count). The molecule has 2 nitrogen and oxygen atoms in total. The van der Waals surface area contributed by atoms with Crippen LogP contribution in [-0.4, -0.2) is 22.8 Å². The van der Waals surface area contributed by atoms with Crippen LogP contribution in [0.25, 0.3) is 0 Å². The SMILES string of the molecule is COc1ccc([C@@H]2SCCCS2=O)cc1. The Hall–Kier alpha value is -0.480. The number of methoxy groups -OCH3 is 1. The van der Waals surface area contributed by atoms with Crippen LogP contribution in [0.2, 0.25) is 0 Å². The third-order valence-electron chi connectivity index (χ3n) is 2.39. The summed E-state index contributed by atoms with van der Waals surface area (Å²) in [6.07, 6.45) is 1.07. The lowest BCUT2D eigenvalue weighted by atomic mass is 10.2. The molecule has 0 radical (unpaired) electrons. The van der Waals surface area contributed by atoms with E-state index in [9.17, 15) is 4.21 Å². The first-order valence-corrected chi connectivity index (χ1v) is 7.37. The lowest BCUT2D eigenvalue weighted by molar-refractivity contribution is 0.414. The summed E-state index contributed by atoms with van der Waals surface area (Å²) in [4.78, 5) is 0. The number of thioether (sulfide) groups is 1. The van der Waals surface area contributed by atoms with Crippen molar-refractivity contribution in [1.82, 2.24) is 0 Å². The molecule has 2 atom stereocenters. The van der Waals surface area contributed by atoms with Crippen LogP contribution in [0, 0.1) is 0 Å². The lowest BCUT2D eigenvalue weighted by Gasteiger charge is -2.21. The Bertz CT molecular complexity index is 348. The highest BCUT2D eigenvalue weighted by molar-refractivity contribution is 8.11. The third kappa shape index (κ3) is 2.55. The molecule has 1 heterocycles. The molecule has 0 aromatic heterocycles. The largest absolute Gasteiger partial charge is 0.497 e. The van der Waals surface area contributed by atoms with Crippen LogP contribution < -0.4 is 4.74 Å². The predicted molar refractivity (Wildman–Crippen MR) is 65.8 cm³/mol.